The van der Waals surface area contributed by atoms with Crippen molar-refractivity contribution >= 4 is 34.7 Å². The van der Waals surface area contributed by atoms with E-state index < -0.39 is 0 Å². The van der Waals surface area contributed by atoms with Gasteiger partial charge in [-0.2, -0.15) is 0 Å². The van der Waals surface area contributed by atoms with Crippen molar-refractivity contribution < 1.29 is 5.11 Å². The van der Waals surface area contributed by atoms with Crippen LogP contribution in [0.5, 0.6) is 5.75 Å². The number of hydrogen-bond acceptors (Lipinski definition) is 4. The maximum Gasteiger partial charge on any atom is 0.117 e. The Morgan fingerprint density at radius 2 is 1.80 bits per heavy atom. The van der Waals surface area contributed by atoms with Gasteiger partial charge in [-0.15, -0.1) is 0 Å². The number of aromatic hydroxyl groups is 1. The molecule has 0 amide bonds. The van der Waals surface area contributed by atoms with Crippen molar-refractivity contribution in [2.75, 3.05) is 18.0 Å². The molecule has 3 rings (SSSR count). The first-order valence-electron chi connectivity index (χ1n) is 6.47. The molecule has 0 unspecified atom stereocenters. The molecule has 20 heavy (non-hydrogen) atoms. The van der Waals surface area contributed by atoms with Crippen molar-refractivity contribution in [2.24, 2.45) is 5.73 Å². The molecule has 0 aromatic heterocycles. The van der Waals surface area contributed by atoms with Crippen molar-refractivity contribution in [1.82, 2.24) is 0 Å². The second-order valence-electron chi connectivity index (χ2n) is 4.66. The summed E-state index contributed by atoms with van der Waals surface area (Å²) in [6.07, 6.45) is 0.881. The van der Waals surface area contributed by atoms with E-state index in [1.807, 2.05) is 24.3 Å². The quantitative estimate of drug-likeness (QED) is 0.900. The van der Waals surface area contributed by atoms with Gasteiger partial charge < -0.3 is 15.7 Å². The number of nitrogens with zero attached hydrogens (tertiary/aromatic N) is 1. The fourth-order valence-electron chi connectivity index (χ4n) is 2.33. The minimum Gasteiger partial charge on any atom is -0.508 e. The van der Waals surface area contributed by atoms with E-state index in [2.05, 4.69) is 4.90 Å². The Morgan fingerprint density at radius 1 is 1.10 bits per heavy atom. The van der Waals surface area contributed by atoms with Crippen molar-refractivity contribution in [3.63, 3.8) is 0 Å². The van der Waals surface area contributed by atoms with E-state index in [1.165, 1.54) is 4.90 Å². The summed E-state index contributed by atoms with van der Waals surface area (Å²) in [6, 6.07) is 11.4. The van der Waals surface area contributed by atoms with Crippen molar-refractivity contribution in [3.05, 3.63) is 41.4 Å². The standard InChI is InChI=1S/C15H15ClN2OS/c16-10-2-4-14-12(8-10)18(7-1-6-17)13-9-11(19)3-5-15(13)20-14/h2-5,8-9,19H,1,6-7,17H2. The molecule has 0 aliphatic carbocycles. The highest BCUT2D eigenvalue weighted by atomic mass is 35.5. The van der Waals surface area contributed by atoms with E-state index in [1.54, 1.807) is 23.9 Å². The third-order valence-corrected chi connectivity index (χ3v) is 4.62. The molecule has 0 saturated carbocycles. The first kappa shape index (κ1) is 13.6. The monoisotopic (exact) mass is 306 g/mol. The number of fused-ring (bicyclic) bond motifs is 2. The molecule has 3 N–H and O–H groups in total. The average molecular weight is 307 g/mol. The van der Waals surface area contributed by atoms with Gasteiger partial charge in [-0.1, -0.05) is 23.4 Å². The average Bonchev–Trinajstić information content (AvgIpc) is 2.44. The van der Waals surface area contributed by atoms with Gasteiger partial charge in [-0.3, -0.25) is 0 Å². The van der Waals surface area contributed by atoms with Gasteiger partial charge in [0.15, 0.2) is 0 Å². The van der Waals surface area contributed by atoms with Gasteiger partial charge in [0.2, 0.25) is 0 Å². The lowest BCUT2D eigenvalue weighted by atomic mass is 10.2. The number of hydrogen-bond donors (Lipinski definition) is 2. The van der Waals surface area contributed by atoms with E-state index >= 15 is 0 Å². The second kappa shape index (κ2) is 5.56. The normalized spacial score (nSPS) is 13.0. The zero-order chi connectivity index (χ0) is 14.1. The van der Waals surface area contributed by atoms with E-state index in [0.29, 0.717) is 11.6 Å². The first-order chi connectivity index (χ1) is 9.69. The summed E-state index contributed by atoms with van der Waals surface area (Å²) in [5.41, 5.74) is 7.73. The molecule has 2 aromatic carbocycles. The zero-order valence-electron chi connectivity index (χ0n) is 10.8. The predicted molar refractivity (Wildman–Crippen MR) is 84.4 cm³/mol. The lowest BCUT2D eigenvalue weighted by Gasteiger charge is -2.33. The minimum absolute atomic E-state index is 0.271. The SMILES string of the molecule is NCCCN1c2cc(O)ccc2Sc2ccc(Cl)cc21. The van der Waals surface area contributed by atoms with Gasteiger partial charge in [-0.25, -0.2) is 0 Å². The Balaban J connectivity index is 2.10. The summed E-state index contributed by atoms with van der Waals surface area (Å²) in [6.45, 7) is 1.44. The maximum atomic E-state index is 9.75. The second-order valence-corrected chi connectivity index (χ2v) is 6.18. The minimum atomic E-state index is 0.271. The molecule has 0 radical (unpaired) electrons. The Morgan fingerprint density at radius 3 is 2.55 bits per heavy atom. The Labute approximate surface area is 127 Å². The number of anilines is 2. The van der Waals surface area contributed by atoms with Gasteiger partial charge >= 0.3 is 0 Å². The summed E-state index contributed by atoms with van der Waals surface area (Å²) < 4.78 is 0. The molecule has 5 heteroatoms. The molecule has 0 spiro atoms. The molecule has 0 fully saturated rings. The summed E-state index contributed by atoms with van der Waals surface area (Å²) in [7, 11) is 0. The molecular weight excluding hydrogens is 292 g/mol. The molecule has 1 aliphatic rings. The highest BCUT2D eigenvalue weighted by Crippen LogP contribution is 2.49. The molecule has 1 aliphatic heterocycles. The topological polar surface area (TPSA) is 49.5 Å². The molecule has 1 heterocycles. The molecule has 104 valence electrons. The van der Waals surface area contributed by atoms with Crippen molar-refractivity contribution in [1.29, 1.82) is 0 Å². The first-order valence-corrected chi connectivity index (χ1v) is 7.66. The molecule has 0 atom stereocenters. The summed E-state index contributed by atoms with van der Waals surface area (Å²) in [5, 5.41) is 10.5. The summed E-state index contributed by atoms with van der Waals surface area (Å²) in [4.78, 5) is 4.49. The largest absolute Gasteiger partial charge is 0.508 e. The maximum absolute atomic E-state index is 9.75. The molecule has 0 saturated heterocycles. The van der Waals surface area contributed by atoms with Gasteiger partial charge in [0.05, 0.1) is 11.4 Å². The van der Waals surface area contributed by atoms with Crippen LogP contribution in [-0.4, -0.2) is 18.2 Å². The number of phenols is 1. The number of benzene rings is 2. The van der Waals surface area contributed by atoms with Crippen LogP contribution in [0.3, 0.4) is 0 Å². The van der Waals surface area contributed by atoms with Crippen molar-refractivity contribution in [3.8, 4) is 5.75 Å². The van der Waals surface area contributed by atoms with E-state index in [-0.39, 0.29) is 5.75 Å². The van der Waals surface area contributed by atoms with Gasteiger partial charge in [0.25, 0.3) is 0 Å². The van der Waals surface area contributed by atoms with Crippen LogP contribution in [0.15, 0.2) is 46.2 Å². The predicted octanol–water partition coefficient (Wildman–Crippen LogP) is 4.00. The van der Waals surface area contributed by atoms with Crippen LogP contribution in [0.4, 0.5) is 11.4 Å². The lowest BCUT2D eigenvalue weighted by molar-refractivity contribution is 0.475. The number of rotatable bonds is 3. The third kappa shape index (κ3) is 2.46. The van der Waals surface area contributed by atoms with Crippen LogP contribution in [0, 0.1) is 0 Å². The van der Waals surface area contributed by atoms with Crippen LogP contribution in [0.25, 0.3) is 0 Å². The third-order valence-electron chi connectivity index (χ3n) is 3.25. The van der Waals surface area contributed by atoms with Crippen LogP contribution in [0.1, 0.15) is 6.42 Å². The summed E-state index contributed by atoms with van der Waals surface area (Å²) in [5.74, 6) is 0.271. The van der Waals surface area contributed by atoms with Gasteiger partial charge in [0.1, 0.15) is 5.75 Å². The van der Waals surface area contributed by atoms with Crippen LogP contribution in [0.2, 0.25) is 5.02 Å². The van der Waals surface area contributed by atoms with Crippen LogP contribution < -0.4 is 10.6 Å². The Bertz CT molecular complexity index is 596. The lowest BCUT2D eigenvalue weighted by Crippen LogP contribution is -2.23. The molecule has 0 bridgehead atoms. The number of phenolic OH excluding ortho intramolecular Hbond substituents is 1. The Hall–Kier alpha value is -1.36. The fraction of sp³-hybridized carbons (Fsp3) is 0.200. The number of nitrogens with two attached hydrogens (primary N) is 1. The van der Waals surface area contributed by atoms with Crippen LogP contribution in [-0.2, 0) is 0 Å². The highest BCUT2D eigenvalue weighted by Gasteiger charge is 2.23. The highest BCUT2D eigenvalue weighted by molar-refractivity contribution is 7.99. The van der Waals surface area contributed by atoms with Gasteiger partial charge in [0, 0.05) is 27.4 Å². The van der Waals surface area contributed by atoms with E-state index in [0.717, 1.165) is 29.2 Å². The zero-order valence-corrected chi connectivity index (χ0v) is 12.4. The smallest absolute Gasteiger partial charge is 0.117 e. The van der Waals surface area contributed by atoms with Gasteiger partial charge in [-0.05, 0) is 43.3 Å². The summed E-state index contributed by atoms with van der Waals surface area (Å²) >= 11 is 7.82. The molecule has 3 nitrogen and oxygen atoms in total. The van der Waals surface area contributed by atoms with Crippen molar-refractivity contribution in [2.45, 2.75) is 16.2 Å². The van der Waals surface area contributed by atoms with E-state index in [9.17, 15) is 5.11 Å². The molecular formula is C15H15ClN2OS. The Kier molecular flexibility index (Phi) is 3.78. The fourth-order valence-corrected chi connectivity index (χ4v) is 3.55. The van der Waals surface area contributed by atoms with Crippen LogP contribution >= 0.6 is 23.4 Å². The van der Waals surface area contributed by atoms with E-state index in [4.69, 9.17) is 17.3 Å². The molecule has 2 aromatic rings. The number of halogens is 1.